The van der Waals surface area contributed by atoms with E-state index in [1.54, 1.807) is 18.2 Å². The maximum atomic E-state index is 12.4. The summed E-state index contributed by atoms with van der Waals surface area (Å²) < 4.78 is 12.0. The number of fused-ring (bicyclic) bond motifs is 1. The number of carbonyl (C=O) groups is 1. The summed E-state index contributed by atoms with van der Waals surface area (Å²) >= 11 is 6.71. The number of hydrogen-bond acceptors (Lipinski definition) is 5. The summed E-state index contributed by atoms with van der Waals surface area (Å²) in [5.41, 5.74) is 0.916. The van der Waals surface area contributed by atoms with Crippen LogP contribution in [0.3, 0.4) is 0 Å². The Morgan fingerprint density at radius 1 is 1.32 bits per heavy atom. The number of nitrogens with zero attached hydrogens (tertiary/aromatic N) is 1. The molecule has 22 heavy (non-hydrogen) atoms. The van der Waals surface area contributed by atoms with Gasteiger partial charge in [0.15, 0.2) is 17.3 Å². The topological polar surface area (TPSA) is 68.7 Å². The normalized spacial score (nSPS) is 14.9. The SMILES string of the molecule is COc1nc(/C=C2\Oc3c(Br)cc(Br)cc3C2=O)ccc1O. The van der Waals surface area contributed by atoms with E-state index in [4.69, 9.17) is 9.47 Å². The molecule has 0 unspecified atom stereocenters. The maximum absolute atomic E-state index is 12.4. The van der Waals surface area contributed by atoms with Crippen LogP contribution in [0, 0.1) is 0 Å². The highest BCUT2D eigenvalue weighted by Gasteiger charge is 2.30. The van der Waals surface area contributed by atoms with E-state index in [-0.39, 0.29) is 23.2 Å². The predicted octanol–water partition coefficient (Wildman–Crippen LogP) is 3.94. The van der Waals surface area contributed by atoms with Crippen LogP contribution in [-0.4, -0.2) is 23.0 Å². The molecule has 0 fully saturated rings. The van der Waals surface area contributed by atoms with E-state index >= 15 is 0 Å². The molecule has 1 aliphatic heterocycles. The molecule has 0 bridgehead atoms. The average molecular weight is 427 g/mol. The molecule has 0 saturated carbocycles. The van der Waals surface area contributed by atoms with E-state index in [2.05, 4.69) is 36.8 Å². The summed E-state index contributed by atoms with van der Waals surface area (Å²) in [6.07, 6.45) is 1.50. The Hall–Kier alpha value is -1.86. The third kappa shape index (κ3) is 2.62. The van der Waals surface area contributed by atoms with Gasteiger partial charge in [-0.05, 0) is 40.2 Å². The zero-order chi connectivity index (χ0) is 15.9. The van der Waals surface area contributed by atoms with Gasteiger partial charge in [0.2, 0.25) is 5.78 Å². The van der Waals surface area contributed by atoms with Crippen molar-refractivity contribution in [3.8, 4) is 17.4 Å². The quantitative estimate of drug-likeness (QED) is 0.736. The van der Waals surface area contributed by atoms with Crippen molar-refractivity contribution < 1.29 is 19.4 Å². The Kier molecular flexibility index (Phi) is 3.92. The number of aromatic hydroxyl groups is 1. The standard InChI is InChI=1S/C15H9Br2NO4/c1-21-15-11(19)3-2-8(18-15)6-12-13(20)9-4-7(16)5-10(17)14(9)22-12/h2-6,19H,1H3/b12-6-. The molecule has 7 heteroatoms. The molecule has 1 aromatic carbocycles. The van der Waals surface area contributed by atoms with Crippen molar-refractivity contribution >= 4 is 43.7 Å². The number of benzene rings is 1. The lowest BCUT2D eigenvalue weighted by Crippen LogP contribution is -1.99. The van der Waals surface area contributed by atoms with Gasteiger partial charge in [0, 0.05) is 10.5 Å². The lowest BCUT2D eigenvalue weighted by Gasteiger charge is -2.03. The molecule has 2 heterocycles. The van der Waals surface area contributed by atoms with Gasteiger partial charge in [0.05, 0.1) is 22.8 Å². The maximum Gasteiger partial charge on any atom is 0.257 e. The molecular weight excluding hydrogens is 418 g/mol. The first-order valence-electron chi connectivity index (χ1n) is 6.17. The Morgan fingerprint density at radius 2 is 2.09 bits per heavy atom. The summed E-state index contributed by atoms with van der Waals surface area (Å²) in [6, 6.07) is 6.51. The van der Waals surface area contributed by atoms with Crippen molar-refractivity contribution in [2.24, 2.45) is 0 Å². The first-order chi connectivity index (χ1) is 10.5. The number of allylic oxidation sites excluding steroid dienone is 1. The van der Waals surface area contributed by atoms with Gasteiger partial charge in [0.25, 0.3) is 5.88 Å². The largest absolute Gasteiger partial charge is 0.503 e. The second kappa shape index (κ2) is 5.73. The van der Waals surface area contributed by atoms with E-state index in [0.29, 0.717) is 21.5 Å². The predicted molar refractivity (Wildman–Crippen MR) is 87.2 cm³/mol. The first-order valence-corrected chi connectivity index (χ1v) is 7.75. The number of methoxy groups -OCH3 is 1. The van der Waals surface area contributed by atoms with Gasteiger partial charge < -0.3 is 14.6 Å². The first kappa shape index (κ1) is 15.1. The van der Waals surface area contributed by atoms with Crippen LogP contribution in [-0.2, 0) is 0 Å². The zero-order valence-electron chi connectivity index (χ0n) is 11.3. The minimum absolute atomic E-state index is 0.0710. The molecule has 0 amide bonds. The van der Waals surface area contributed by atoms with Crippen molar-refractivity contribution in [2.45, 2.75) is 0 Å². The summed E-state index contributed by atoms with van der Waals surface area (Å²) in [5, 5.41) is 9.54. The van der Waals surface area contributed by atoms with Gasteiger partial charge in [-0.3, -0.25) is 4.79 Å². The van der Waals surface area contributed by atoms with Gasteiger partial charge in [0.1, 0.15) is 0 Å². The van der Waals surface area contributed by atoms with Gasteiger partial charge >= 0.3 is 0 Å². The minimum Gasteiger partial charge on any atom is -0.503 e. The molecule has 2 aromatic rings. The molecule has 0 saturated heterocycles. The van der Waals surface area contributed by atoms with Crippen molar-refractivity contribution in [2.75, 3.05) is 7.11 Å². The van der Waals surface area contributed by atoms with E-state index in [9.17, 15) is 9.90 Å². The van der Waals surface area contributed by atoms with Crippen LogP contribution in [0.25, 0.3) is 6.08 Å². The van der Waals surface area contributed by atoms with Crippen molar-refractivity contribution in [3.05, 3.63) is 50.2 Å². The molecule has 0 radical (unpaired) electrons. The van der Waals surface area contributed by atoms with Crippen LogP contribution in [0.4, 0.5) is 0 Å². The van der Waals surface area contributed by atoms with Crippen LogP contribution >= 0.6 is 31.9 Å². The second-order valence-corrected chi connectivity index (χ2v) is 6.24. The zero-order valence-corrected chi connectivity index (χ0v) is 14.4. The number of carbonyl (C=O) groups excluding carboxylic acids is 1. The number of halogens is 2. The summed E-state index contributed by atoms with van der Waals surface area (Å²) in [5.74, 6) is 0.421. The number of Topliss-reactive ketones (excluding diaryl/α,β-unsaturated/α-hetero) is 1. The molecule has 3 rings (SSSR count). The van der Waals surface area contributed by atoms with Crippen LogP contribution < -0.4 is 9.47 Å². The number of rotatable bonds is 2. The van der Waals surface area contributed by atoms with E-state index in [1.165, 1.54) is 19.3 Å². The fourth-order valence-electron chi connectivity index (χ4n) is 2.03. The molecule has 1 aromatic heterocycles. The van der Waals surface area contributed by atoms with Gasteiger partial charge in [-0.25, -0.2) is 4.98 Å². The number of hydrogen-bond donors (Lipinski definition) is 1. The molecule has 1 aliphatic rings. The Labute approximate surface area is 142 Å². The van der Waals surface area contributed by atoms with Crippen LogP contribution in [0.1, 0.15) is 16.1 Å². The monoisotopic (exact) mass is 425 g/mol. The van der Waals surface area contributed by atoms with Crippen LogP contribution in [0.15, 0.2) is 39.0 Å². The Balaban J connectivity index is 2.01. The molecule has 1 N–H and O–H groups in total. The number of ketones is 1. The number of aromatic nitrogens is 1. The van der Waals surface area contributed by atoms with Crippen molar-refractivity contribution in [1.82, 2.24) is 4.98 Å². The summed E-state index contributed by atoms with van der Waals surface area (Å²) in [6.45, 7) is 0. The van der Waals surface area contributed by atoms with E-state index in [1.807, 2.05) is 0 Å². The fraction of sp³-hybridized carbons (Fsp3) is 0.0667. The fourth-order valence-corrected chi connectivity index (χ4v) is 3.34. The van der Waals surface area contributed by atoms with Crippen molar-refractivity contribution in [1.29, 1.82) is 0 Å². The average Bonchev–Trinajstić information content (AvgIpc) is 2.79. The smallest absolute Gasteiger partial charge is 0.257 e. The third-order valence-electron chi connectivity index (χ3n) is 3.02. The van der Waals surface area contributed by atoms with Crippen LogP contribution in [0.5, 0.6) is 17.4 Å². The Morgan fingerprint density at radius 3 is 2.82 bits per heavy atom. The molecular formula is C15H9Br2NO4. The van der Waals surface area contributed by atoms with Crippen molar-refractivity contribution in [3.63, 3.8) is 0 Å². The highest BCUT2D eigenvalue weighted by molar-refractivity contribution is 9.11. The molecule has 0 aliphatic carbocycles. The van der Waals surface area contributed by atoms with Gasteiger partial charge in [-0.15, -0.1) is 0 Å². The van der Waals surface area contributed by atoms with E-state index < -0.39 is 0 Å². The lowest BCUT2D eigenvalue weighted by molar-refractivity contribution is 0.101. The Bertz CT molecular complexity index is 817. The summed E-state index contributed by atoms with van der Waals surface area (Å²) in [4.78, 5) is 16.5. The highest BCUT2D eigenvalue weighted by Crippen LogP contribution is 2.40. The second-order valence-electron chi connectivity index (χ2n) is 4.47. The number of pyridine rings is 1. The van der Waals surface area contributed by atoms with Crippen LogP contribution in [0.2, 0.25) is 0 Å². The molecule has 5 nitrogen and oxygen atoms in total. The molecule has 0 spiro atoms. The van der Waals surface area contributed by atoms with E-state index in [0.717, 1.165) is 4.47 Å². The highest BCUT2D eigenvalue weighted by atomic mass is 79.9. The summed E-state index contributed by atoms with van der Waals surface area (Å²) in [7, 11) is 1.40. The molecule has 0 atom stereocenters. The number of ether oxygens (including phenoxy) is 2. The van der Waals surface area contributed by atoms with Gasteiger partial charge in [-0.1, -0.05) is 15.9 Å². The lowest BCUT2D eigenvalue weighted by atomic mass is 10.1. The van der Waals surface area contributed by atoms with Gasteiger partial charge in [-0.2, -0.15) is 0 Å². The minimum atomic E-state index is -0.231. The molecule has 112 valence electrons. The third-order valence-corrected chi connectivity index (χ3v) is 4.07.